The number of aromatic nitrogens is 3. The minimum atomic E-state index is -0.844. The van der Waals surface area contributed by atoms with Crippen LogP contribution in [0.5, 0.6) is 0 Å². The fourth-order valence-electron chi connectivity index (χ4n) is 7.64. The number of hydrogen-bond acceptors (Lipinski definition) is 7. The molecule has 232 valence electrons. The van der Waals surface area contributed by atoms with E-state index in [1.54, 1.807) is 43.3 Å². The van der Waals surface area contributed by atoms with Crippen molar-refractivity contribution >= 4 is 40.5 Å². The van der Waals surface area contributed by atoms with Crippen molar-refractivity contribution in [3.05, 3.63) is 49.6 Å². The van der Waals surface area contributed by atoms with Gasteiger partial charge in [0.1, 0.15) is 18.2 Å². The van der Waals surface area contributed by atoms with Gasteiger partial charge in [0.2, 0.25) is 17.7 Å². The number of likely N-dealkylation sites (tertiary alicyclic amines) is 1. The first-order valence-electron chi connectivity index (χ1n) is 15.3. The molecule has 2 aromatic rings. The first-order valence-corrected chi connectivity index (χ1v) is 16.1. The maximum atomic E-state index is 14.9. The number of aliphatic hydroxyl groups excluding tert-OH is 1. The van der Waals surface area contributed by atoms with Crippen LogP contribution >= 0.6 is 11.8 Å². The first-order chi connectivity index (χ1) is 20.6. The molecule has 5 rings (SSSR count). The zero-order valence-electron chi connectivity index (χ0n) is 25.7. The average Bonchev–Trinajstić information content (AvgIpc) is 3.68. The lowest BCUT2D eigenvalue weighted by atomic mass is 9.66. The highest BCUT2D eigenvalue weighted by Crippen LogP contribution is 2.72. The van der Waals surface area contributed by atoms with E-state index < -0.39 is 33.4 Å². The topological polar surface area (TPSA) is 112 Å². The Kier molecular flexibility index (Phi) is 8.77. The Balaban J connectivity index is 1.59. The van der Waals surface area contributed by atoms with Crippen molar-refractivity contribution < 1.29 is 19.5 Å². The molecule has 43 heavy (non-hydrogen) atoms. The molecule has 1 aromatic heterocycles. The third-order valence-corrected chi connectivity index (χ3v) is 11.6. The van der Waals surface area contributed by atoms with E-state index in [2.05, 4.69) is 30.4 Å². The van der Waals surface area contributed by atoms with Crippen LogP contribution in [0.25, 0.3) is 11.0 Å². The highest BCUT2D eigenvalue weighted by atomic mass is 32.2. The summed E-state index contributed by atoms with van der Waals surface area (Å²) in [6.45, 7) is 16.9. The fraction of sp³-hybridized carbons (Fsp3) is 0.594. The number of rotatable bonds is 13. The second-order valence-corrected chi connectivity index (χ2v) is 14.5. The van der Waals surface area contributed by atoms with Crippen molar-refractivity contribution in [1.82, 2.24) is 29.7 Å². The van der Waals surface area contributed by atoms with E-state index >= 15 is 0 Å². The number of nitrogens with zero attached hydrogens (tertiary/aromatic N) is 6. The highest BCUT2D eigenvalue weighted by Gasteiger charge is 2.78. The van der Waals surface area contributed by atoms with Crippen LogP contribution in [0.1, 0.15) is 47.0 Å². The zero-order chi connectivity index (χ0) is 31.1. The van der Waals surface area contributed by atoms with Crippen molar-refractivity contribution in [1.29, 1.82) is 0 Å². The van der Waals surface area contributed by atoms with E-state index in [-0.39, 0.29) is 43.5 Å². The Morgan fingerprint density at radius 1 is 1.16 bits per heavy atom. The van der Waals surface area contributed by atoms with Gasteiger partial charge in [-0.3, -0.25) is 14.4 Å². The largest absolute Gasteiger partial charge is 0.394 e. The number of para-hydroxylation sites is 1. The third-order valence-electron chi connectivity index (χ3n) is 9.57. The number of benzene rings is 1. The molecule has 0 radical (unpaired) electrons. The van der Waals surface area contributed by atoms with Crippen molar-refractivity contribution in [2.45, 2.75) is 75.2 Å². The summed E-state index contributed by atoms with van der Waals surface area (Å²) in [6, 6.07) is 6.15. The monoisotopic (exact) mass is 608 g/mol. The number of hydrogen-bond donors (Lipinski definition) is 1. The SMILES string of the molecule is C=CCN(Cn1nnc2ccccc21)C(=O)C1N([C@@H](CO)C(C)C)C(=O)[C@@H]2[C@@H](C(=O)N(CC=C)CCC)[C@@]3(C)CCC12S3. The van der Waals surface area contributed by atoms with E-state index in [1.165, 1.54) is 0 Å². The van der Waals surface area contributed by atoms with E-state index in [0.29, 0.717) is 19.5 Å². The second-order valence-electron chi connectivity index (χ2n) is 12.6. The van der Waals surface area contributed by atoms with Crippen LogP contribution in [0.3, 0.4) is 0 Å². The average molecular weight is 609 g/mol. The maximum Gasteiger partial charge on any atom is 0.248 e. The summed E-state index contributed by atoms with van der Waals surface area (Å²) in [4.78, 5) is 48.9. The van der Waals surface area contributed by atoms with E-state index in [1.807, 2.05) is 45.0 Å². The van der Waals surface area contributed by atoms with Gasteiger partial charge < -0.3 is 19.8 Å². The molecule has 3 saturated heterocycles. The van der Waals surface area contributed by atoms with Crippen LogP contribution in [0.15, 0.2) is 49.6 Å². The molecule has 4 heterocycles. The van der Waals surface area contributed by atoms with Crippen LogP contribution in [0.4, 0.5) is 0 Å². The van der Waals surface area contributed by atoms with Gasteiger partial charge in [-0.2, -0.15) is 0 Å². The van der Waals surface area contributed by atoms with Crippen LogP contribution in [-0.2, 0) is 21.1 Å². The number of carbonyl (C=O) groups is 3. The number of amides is 3. The lowest BCUT2D eigenvalue weighted by molar-refractivity contribution is -0.149. The Bertz CT molecular complexity index is 1410. The summed E-state index contributed by atoms with van der Waals surface area (Å²) < 4.78 is 0.415. The van der Waals surface area contributed by atoms with E-state index in [4.69, 9.17) is 0 Å². The Morgan fingerprint density at radius 2 is 1.86 bits per heavy atom. The van der Waals surface area contributed by atoms with Crippen LogP contribution in [-0.4, -0.2) is 100 Å². The van der Waals surface area contributed by atoms with Gasteiger partial charge in [0.05, 0.1) is 34.7 Å². The minimum Gasteiger partial charge on any atom is -0.394 e. The molecule has 6 atom stereocenters. The number of aliphatic hydroxyl groups is 1. The minimum absolute atomic E-state index is 0.0492. The first kappa shape index (κ1) is 31.3. The van der Waals surface area contributed by atoms with E-state index in [9.17, 15) is 19.5 Å². The summed E-state index contributed by atoms with van der Waals surface area (Å²) in [5.41, 5.74) is 1.52. The standard InChI is InChI=1S/C32H44N6O4S/c1-7-16-35(17-8-2)28(40)25-26-29(41)38(24(19-39)21(4)5)27(32(26)15-14-31(25,6)43-32)30(42)36(18-9-3)20-37-23-13-11-10-12-22(23)33-34-37/h7,9-13,21,24-27,39H,1,3,8,14-20H2,2,4-6H3/t24-,25-,26-,27?,31+,32?/m0/s1. The molecule has 2 unspecified atom stereocenters. The van der Waals surface area contributed by atoms with Crippen LogP contribution in [0, 0.1) is 17.8 Å². The molecule has 3 amide bonds. The molecule has 1 aromatic carbocycles. The molecule has 10 nitrogen and oxygen atoms in total. The predicted molar refractivity (Wildman–Crippen MR) is 168 cm³/mol. The normalized spacial score (nSPS) is 28.4. The lowest BCUT2D eigenvalue weighted by Gasteiger charge is -2.40. The summed E-state index contributed by atoms with van der Waals surface area (Å²) in [6.07, 6.45) is 5.55. The molecule has 3 fully saturated rings. The van der Waals surface area contributed by atoms with Crippen molar-refractivity contribution in [2.24, 2.45) is 17.8 Å². The quantitative estimate of drug-likeness (QED) is 0.347. The second kappa shape index (κ2) is 12.1. The molecule has 0 aliphatic carbocycles. The molecule has 1 N–H and O–H groups in total. The van der Waals surface area contributed by atoms with Gasteiger partial charge in [-0.1, -0.05) is 50.3 Å². The van der Waals surface area contributed by atoms with Crippen molar-refractivity contribution in [3.63, 3.8) is 0 Å². The number of carbonyl (C=O) groups excluding carboxylic acids is 3. The van der Waals surface area contributed by atoms with Gasteiger partial charge in [-0.15, -0.1) is 30.0 Å². The Morgan fingerprint density at radius 3 is 2.51 bits per heavy atom. The molecule has 0 saturated carbocycles. The Labute approximate surface area is 258 Å². The summed E-state index contributed by atoms with van der Waals surface area (Å²) in [5, 5.41) is 19.1. The third kappa shape index (κ3) is 4.98. The van der Waals surface area contributed by atoms with Gasteiger partial charge in [-0.25, -0.2) is 4.68 Å². The molecular formula is C32H44N6O4S. The maximum absolute atomic E-state index is 14.9. The summed E-state index contributed by atoms with van der Waals surface area (Å²) in [7, 11) is 0. The predicted octanol–water partition coefficient (Wildman–Crippen LogP) is 3.33. The van der Waals surface area contributed by atoms with Crippen molar-refractivity contribution in [3.8, 4) is 0 Å². The summed E-state index contributed by atoms with van der Waals surface area (Å²) >= 11 is 1.65. The number of thioether (sulfide) groups is 1. The van der Waals surface area contributed by atoms with Crippen LogP contribution < -0.4 is 0 Å². The lowest BCUT2D eigenvalue weighted by Crippen LogP contribution is -2.58. The van der Waals surface area contributed by atoms with Crippen LogP contribution in [0.2, 0.25) is 0 Å². The molecule has 1 spiro atoms. The highest BCUT2D eigenvalue weighted by molar-refractivity contribution is 8.02. The Hall–Kier alpha value is -3.18. The molecule has 11 heteroatoms. The smallest absolute Gasteiger partial charge is 0.248 e. The van der Waals surface area contributed by atoms with Gasteiger partial charge in [0.25, 0.3) is 0 Å². The molecule has 3 aliphatic rings. The van der Waals surface area contributed by atoms with Gasteiger partial charge in [0, 0.05) is 24.4 Å². The van der Waals surface area contributed by atoms with Gasteiger partial charge in [-0.05, 0) is 44.2 Å². The molecular weight excluding hydrogens is 564 g/mol. The zero-order valence-corrected chi connectivity index (χ0v) is 26.5. The fourth-order valence-corrected chi connectivity index (χ4v) is 9.97. The molecule has 2 bridgehead atoms. The van der Waals surface area contributed by atoms with Gasteiger partial charge >= 0.3 is 0 Å². The summed E-state index contributed by atoms with van der Waals surface area (Å²) in [5.74, 6) is -1.81. The van der Waals surface area contributed by atoms with Gasteiger partial charge in [0.15, 0.2) is 0 Å². The number of fused-ring (bicyclic) bond motifs is 2. The molecule has 3 aliphatic heterocycles. The van der Waals surface area contributed by atoms with E-state index in [0.717, 1.165) is 23.9 Å². The van der Waals surface area contributed by atoms with Crippen molar-refractivity contribution in [2.75, 3.05) is 26.2 Å².